The number of fused-ring (bicyclic) bond motifs is 1. The zero-order valence-electron chi connectivity index (χ0n) is 24.8. The molecule has 2 saturated carbocycles. The van der Waals surface area contributed by atoms with Gasteiger partial charge in [-0.25, -0.2) is 22.9 Å². The van der Waals surface area contributed by atoms with Crippen molar-refractivity contribution in [3.05, 3.63) is 41.1 Å². The van der Waals surface area contributed by atoms with Gasteiger partial charge in [0, 0.05) is 38.6 Å². The third-order valence-electron chi connectivity index (χ3n) is 7.57. The third-order valence-corrected chi connectivity index (χ3v) is 7.57. The molecule has 3 aliphatic rings. The minimum absolute atomic E-state index is 0.00463. The summed E-state index contributed by atoms with van der Waals surface area (Å²) < 4.78 is 69.2. The van der Waals surface area contributed by atoms with Crippen LogP contribution in [-0.2, 0) is 22.6 Å². The van der Waals surface area contributed by atoms with Gasteiger partial charge in [0.15, 0.2) is 11.3 Å². The van der Waals surface area contributed by atoms with E-state index in [-0.39, 0.29) is 49.7 Å². The molecule has 0 bridgehead atoms. The van der Waals surface area contributed by atoms with Gasteiger partial charge < -0.3 is 16.0 Å². The van der Waals surface area contributed by atoms with Gasteiger partial charge in [-0.15, -0.1) is 0 Å². The van der Waals surface area contributed by atoms with Crippen LogP contribution in [0.25, 0.3) is 5.65 Å². The predicted octanol–water partition coefficient (Wildman–Crippen LogP) is 3.87. The SMILES string of the molecule is CNC(C)=O.FC1(F)CCCCC1.O=C(NCc1cn2ncc(CC3CC(C(F)(F)F)NC3=O)cc2n1)c1nonc1C1CC1. The lowest BCUT2D eigenvalue weighted by Gasteiger charge is -2.20. The van der Waals surface area contributed by atoms with Gasteiger partial charge in [-0.1, -0.05) is 11.6 Å². The number of nitrogens with zero attached hydrogens (tertiary/aromatic N) is 5. The Morgan fingerprint density at radius 3 is 2.40 bits per heavy atom. The van der Waals surface area contributed by atoms with Gasteiger partial charge in [-0.3, -0.25) is 14.4 Å². The average molecular weight is 643 g/mol. The lowest BCUT2D eigenvalue weighted by molar-refractivity contribution is -0.154. The summed E-state index contributed by atoms with van der Waals surface area (Å²) in [5.41, 5.74) is 2.32. The molecule has 246 valence electrons. The van der Waals surface area contributed by atoms with Gasteiger partial charge in [0.25, 0.3) is 5.91 Å². The lowest BCUT2D eigenvalue weighted by Crippen LogP contribution is -2.38. The minimum Gasteiger partial charge on any atom is -0.359 e. The van der Waals surface area contributed by atoms with Crippen LogP contribution in [0, 0.1) is 5.92 Å². The van der Waals surface area contributed by atoms with Crippen LogP contribution < -0.4 is 16.0 Å². The summed E-state index contributed by atoms with van der Waals surface area (Å²) in [5, 5.41) is 18.8. The van der Waals surface area contributed by atoms with Crippen LogP contribution in [0.1, 0.15) is 91.6 Å². The maximum atomic E-state index is 12.9. The number of aromatic nitrogens is 5. The van der Waals surface area contributed by atoms with E-state index in [4.69, 9.17) is 0 Å². The van der Waals surface area contributed by atoms with Gasteiger partial charge >= 0.3 is 6.18 Å². The molecule has 2 aliphatic carbocycles. The summed E-state index contributed by atoms with van der Waals surface area (Å²) in [7, 11) is 1.60. The Morgan fingerprint density at radius 2 is 1.84 bits per heavy atom. The van der Waals surface area contributed by atoms with E-state index >= 15 is 0 Å². The van der Waals surface area contributed by atoms with Crippen LogP contribution in [-0.4, -0.2) is 67.8 Å². The molecule has 17 heteroatoms. The monoisotopic (exact) mass is 642 g/mol. The highest BCUT2D eigenvalue weighted by Gasteiger charge is 2.47. The van der Waals surface area contributed by atoms with Gasteiger partial charge in [0.1, 0.15) is 11.7 Å². The number of hydrogen-bond donors (Lipinski definition) is 3. The van der Waals surface area contributed by atoms with Crippen molar-refractivity contribution in [2.75, 3.05) is 7.05 Å². The summed E-state index contributed by atoms with van der Waals surface area (Å²) in [5.74, 6) is -3.91. The highest BCUT2D eigenvalue weighted by Crippen LogP contribution is 2.40. The maximum absolute atomic E-state index is 12.9. The Bertz CT molecular complexity index is 1480. The Balaban J connectivity index is 0.000000296. The van der Waals surface area contributed by atoms with Crippen molar-refractivity contribution in [3.63, 3.8) is 0 Å². The topological polar surface area (TPSA) is 156 Å². The Labute approximate surface area is 254 Å². The van der Waals surface area contributed by atoms with Crippen LogP contribution in [0.15, 0.2) is 23.1 Å². The van der Waals surface area contributed by atoms with Crippen molar-refractivity contribution in [2.24, 2.45) is 5.92 Å². The van der Waals surface area contributed by atoms with E-state index in [1.807, 2.05) is 5.32 Å². The lowest BCUT2D eigenvalue weighted by atomic mass is 9.97. The second-order valence-corrected chi connectivity index (χ2v) is 11.3. The van der Waals surface area contributed by atoms with Crippen molar-refractivity contribution >= 4 is 23.4 Å². The number of amides is 3. The standard InChI is InChI=1S/C19H18F3N7O3.C6H10F2.C3H7NO/c20-19(21,22)13-5-11(17(30)26-13)3-9-4-14-25-12(8-29(14)24-6-9)7-23-18(31)16-15(10-1-2-10)27-32-28-16;7-6(8)4-2-1-3-5-6;1-3(5)4-2/h4,6,8,10-11,13H,1-3,5,7H2,(H,23,31)(H,26,30);1-5H2;1-2H3,(H,4,5). The molecular weight excluding hydrogens is 607 g/mol. The van der Waals surface area contributed by atoms with E-state index in [0.717, 1.165) is 19.3 Å². The highest BCUT2D eigenvalue weighted by atomic mass is 19.4. The molecule has 0 aromatic carbocycles. The zero-order valence-corrected chi connectivity index (χ0v) is 24.8. The summed E-state index contributed by atoms with van der Waals surface area (Å²) in [6, 6.07) is -0.155. The summed E-state index contributed by atoms with van der Waals surface area (Å²) in [6.07, 6.45) is 3.05. The second kappa shape index (κ2) is 14.3. The van der Waals surface area contributed by atoms with Crippen LogP contribution in [0.3, 0.4) is 0 Å². The van der Waals surface area contributed by atoms with E-state index < -0.39 is 35.9 Å². The summed E-state index contributed by atoms with van der Waals surface area (Å²) in [6.45, 7) is 1.59. The Morgan fingerprint density at radius 1 is 1.16 bits per heavy atom. The molecule has 2 atom stereocenters. The number of rotatable bonds is 6. The molecule has 0 spiro atoms. The summed E-state index contributed by atoms with van der Waals surface area (Å²) in [4.78, 5) is 38.4. The number of halogens is 5. The minimum atomic E-state index is -4.46. The number of hydrogen-bond acceptors (Lipinski definition) is 8. The van der Waals surface area contributed by atoms with Crippen LogP contribution in [0.2, 0.25) is 0 Å². The van der Waals surface area contributed by atoms with E-state index in [2.05, 4.69) is 35.7 Å². The Hall–Kier alpha value is -4.18. The van der Waals surface area contributed by atoms with Crippen molar-refractivity contribution in [2.45, 2.75) is 95.3 Å². The molecule has 12 nitrogen and oxygen atoms in total. The highest BCUT2D eigenvalue weighted by molar-refractivity contribution is 5.93. The van der Waals surface area contributed by atoms with Gasteiger partial charge in [-0.05, 0) is 55.3 Å². The zero-order chi connectivity index (χ0) is 32.8. The molecule has 6 rings (SSSR count). The van der Waals surface area contributed by atoms with Gasteiger partial charge in [0.05, 0.1) is 24.6 Å². The molecule has 3 aromatic heterocycles. The number of imidazole rings is 1. The molecule has 4 heterocycles. The second-order valence-electron chi connectivity index (χ2n) is 11.3. The normalized spacial score (nSPS) is 20.7. The quantitative estimate of drug-likeness (QED) is 0.342. The number of alkyl halides is 5. The van der Waals surface area contributed by atoms with Crippen molar-refractivity contribution in [1.82, 2.24) is 40.9 Å². The van der Waals surface area contributed by atoms with E-state index in [1.54, 1.807) is 19.3 Å². The smallest absolute Gasteiger partial charge is 0.359 e. The van der Waals surface area contributed by atoms with E-state index in [0.29, 0.717) is 35.4 Å². The number of nitrogens with one attached hydrogen (secondary N) is 3. The molecule has 3 N–H and O–H groups in total. The van der Waals surface area contributed by atoms with Crippen LogP contribution in [0.4, 0.5) is 22.0 Å². The molecule has 3 aromatic rings. The van der Waals surface area contributed by atoms with Crippen LogP contribution >= 0.6 is 0 Å². The first-order chi connectivity index (χ1) is 21.3. The fourth-order valence-corrected chi connectivity index (χ4v) is 4.88. The van der Waals surface area contributed by atoms with E-state index in [9.17, 15) is 36.3 Å². The van der Waals surface area contributed by atoms with Crippen LogP contribution in [0.5, 0.6) is 0 Å². The fourth-order valence-electron chi connectivity index (χ4n) is 4.88. The largest absolute Gasteiger partial charge is 0.408 e. The van der Waals surface area contributed by atoms with Crippen molar-refractivity contribution in [1.29, 1.82) is 0 Å². The summed E-state index contributed by atoms with van der Waals surface area (Å²) >= 11 is 0. The average Bonchev–Trinajstić information content (AvgIpc) is 3.37. The van der Waals surface area contributed by atoms with Gasteiger partial charge in [-0.2, -0.15) is 18.3 Å². The molecule has 3 amide bonds. The predicted molar refractivity (Wildman–Crippen MR) is 148 cm³/mol. The Kier molecular flexibility index (Phi) is 10.7. The number of carbonyl (C=O) groups excluding carboxylic acids is 3. The molecule has 45 heavy (non-hydrogen) atoms. The van der Waals surface area contributed by atoms with Gasteiger partial charge in [0.2, 0.25) is 17.7 Å². The van der Waals surface area contributed by atoms with Crippen molar-refractivity contribution < 1.29 is 41.0 Å². The van der Waals surface area contributed by atoms with E-state index in [1.165, 1.54) is 17.6 Å². The first-order valence-corrected chi connectivity index (χ1v) is 14.6. The third kappa shape index (κ3) is 9.65. The molecule has 3 fully saturated rings. The molecular formula is C28H35F5N8O4. The number of carbonyl (C=O) groups is 3. The molecule has 2 unspecified atom stereocenters. The van der Waals surface area contributed by atoms with Crippen molar-refractivity contribution in [3.8, 4) is 0 Å². The maximum Gasteiger partial charge on any atom is 0.408 e. The molecule has 1 aliphatic heterocycles. The first kappa shape index (κ1) is 33.7. The molecule has 1 saturated heterocycles. The fraction of sp³-hybridized carbons (Fsp3) is 0.607. The molecule has 0 radical (unpaired) electrons. The first-order valence-electron chi connectivity index (χ1n) is 14.6.